The Kier molecular flexibility index (Phi) is 77.9. The van der Waals surface area contributed by atoms with E-state index in [9.17, 15) is 19.2 Å². The number of nitrogens with two attached hydrogens (primary N) is 4. The molecule has 12 nitrogen and oxygen atoms in total. The van der Waals surface area contributed by atoms with Gasteiger partial charge in [0.05, 0.1) is 26.4 Å². The SMILES string of the molecule is CCOC(N)=O.CCOC(N)=O.CCOC(N)=O.CCOC(N)=O.F.F.F.F. The van der Waals surface area contributed by atoms with Crippen molar-refractivity contribution in [3.63, 3.8) is 0 Å². The Morgan fingerprint density at radius 3 is 0.571 bits per heavy atom. The summed E-state index contributed by atoms with van der Waals surface area (Å²) in [5, 5.41) is 0. The minimum atomic E-state index is -0.711. The molecule has 0 aromatic carbocycles. The molecule has 0 saturated carbocycles. The zero-order valence-corrected chi connectivity index (χ0v) is 16.0. The Morgan fingerprint density at radius 1 is 0.464 bits per heavy atom. The van der Waals surface area contributed by atoms with Gasteiger partial charge in [0.1, 0.15) is 0 Å². The lowest BCUT2D eigenvalue weighted by atomic mass is 10.9. The second kappa shape index (κ2) is 43.8. The molecule has 0 aliphatic heterocycles. The smallest absolute Gasteiger partial charge is 0.404 e. The molecule has 8 N–H and O–H groups in total. The zero-order valence-electron chi connectivity index (χ0n) is 16.0. The lowest BCUT2D eigenvalue weighted by molar-refractivity contribution is 0.162. The quantitative estimate of drug-likeness (QED) is 0.368. The van der Waals surface area contributed by atoms with Crippen LogP contribution in [0.2, 0.25) is 0 Å². The van der Waals surface area contributed by atoms with Crippen LogP contribution < -0.4 is 22.9 Å². The van der Waals surface area contributed by atoms with Crippen LogP contribution in [0.25, 0.3) is 0 Å². The third kappa shape index (κ3) is 140. The molecule has 0 aromatic heterocycles. The second-order valence-electron chi connectivity index (χ2n) is 3.01. The van der Waals surface area contributed by atoms with E-state index < -0.39 is 24.4 Å². The molecule has 0 rings (SSSR count). The van der Waals surface area contributed by atoms with E-state index in [1.165, 1.54) is 0 Å². The van der Waals surface area contributed by atoms with Gasteiger partial charge >= 0.3 is 24.4 Å². The van der Waals surface area contributed by atoms with Crippen LogP contribution in [0.15, 0.2) is 0 Å². The number of ether oxygens (including phenoxy) is 4. The minimum Gasteiger partial charge on any atom is -0.450 e. The van der Waals surface area contributed by atoms with Crippen LogP contribution in [0.3, 0.4) is 0 Å². The molecule has 16 heteroatoms. The maximum Gasteiger partial charge on any atom is 0.404 e. The van der Waals surface area contributed by atoms with E-state index in [0.29, 0.717) is 26.4 Å². The van der Waals surface area contributed by atoms with Crippen molar-refractivity contribution in [3.8, 4) is 0 Å². The summed E-state index contributed by atoms with van der Waals surface area (Å²) < 4.78 is 16.7. The summed E-state index contributed by atoms with van der Waals surface area (Å²) in [4.78, 5) is 38.4. The van der Waals surface area contributed by atoms with Crippen LogP contribution in [0.1, 0.15) is 27.7 Å². The molecule has 28 heavy (non-hydrogen) atoms. The van der Waals surface area contributed by atoms with Crippen LogP contribution in [-0.2, 0) is 18.9 Å². The number of rotatable bonds is 4. The minimum absolute atomic E-state index is 0. The molecule has 4 amide bonds. The molecule has 0 fully saturated rings. The normalized spacial score (nSPS) is 6.43. The van der Waals surface area contributed by atoms with Crippen LogP contribution in [0, 0.1) is 0 Å². The van der Waals surface area contributed by atoms with Crippen LogP contribution >= 0.6 is 0 Å². The van der Waals surface area contributed by atoms with Crippen LogP contribution in [0.4, 0.5) is 38.0 Å². The largest absolute Gasteiger partial charge is 0.450 e. The van der Waals surface area contributed by atoms with Gasteiger partial charge in [-0.2, -0.15) is 0 Å². The first-order valence-corrected chi connectivity index (χ1v) is 6.77. The van der Waals surface area contributed by atoms with Gasteiger partial charge in [-0.05, 0) is 27.7 Å². The first-order valence-electron chi connectivity index (χ1n) is 6.77. The van der Waals surface area contributed by atoms with Crippen molar-refractivity contribution >= 4 is 24.4 Å². The summed E-state index contributed by atoms with van der Waals surface area (Å²) in [6.07, 6.45) is -2.84. The number of carbonyl (C=O) groups is 4. The summed E-state index contributed by atoms with van der Waals surface area (Å²) in [6.45, 7) is 8.22. The number of carbonyl (C=O) groups excluding carboxylic acids is 4. The standard InChI is InChI=1S/4C3H7NO2.4FH/c4*1-2-6-3(4)5;;;;/h4*2H2,1H3,(H2,4,5);4*1H. The van der Waals surface area contributed by atoms with E-state index in [-0.39, 0.29) is 18.8 Å². The van der Waals surface area contributed by atoms with Crippen molar-refractivity contribution in [2.45, 2.75) is 27.7 Å². The predicted octanol–water partition coefficient (Wildman–Crippen LogP) is 1.02. The van der Waals surface area contributed by atoms with E-state index in [1.807, 2.05) is 0 Å². The Hall–Kier alpha value is -3.20. The Labute approximate surface area is 159 Å². The summed E-state index contributed by atoms with van der Waals surface area (Å²) >= 11 is 0. The van der Waals surface area contributed by atoms with Gasteiger partial charge in [-0.1, -0.05) is 0 Å². The van der Waals surface area contributed by atoms with Crippen LogP contribution in [-0.4, -0.2) is 50.8 Å². The fourth-order valence-electron chi connectivity index (χ4n) is 0.569. The molecule has 0 spiro atoms. The van der Waals surface area contributed by atoms with E-state index in [2.05, 4.69) is 41.9 Å². The maximum atomic E-state index is 9.60. The number of hydrogen-bond acceptors (Lipinski definition) is 8. The zero-order chi connectivity index (χ0) is 20.0. The van der Waals surface area contributed by atoms with Gasteiger partial charge in [0.2, 0.25) is 0 Å². The average molecular weight is 436 g/mol. The van der Waals surface area contributed by atoms with Crippen molar-refractivity contribution < 1.29 is 56.9 Å². The molecule has 0 radical (unpaired) electrons. The number of halogens is 4. The molecule has 0 heterocycles. The highest BCUT2D eigenvalue weighted by atomic mass is 19.0. The average Bonchev–Trinajstić information content (AvgIpc) is 2.39. The monoisotopic (exact) mass is 436 g/mol. The number of primary amides is 4. The number of amides is 4. The van der Waals surface area contributed by atoms with Gasteiger partial charge in [0.15, 0.2) is 0 Å². The van der Waals surface area contributed by atoms with Crippen molar-refractivity contribution in [3.05, 3.63) is 0 Å². The van der Waals surface area contributed by atoms with Crippen molar-refractivity contribution in [2.24, 2.45) is 22.9 Å². The molecular formula is C12H32F4N4O8. The molecule has 0 unspecified atom stereocenters. The van der Waals surface area contributed by atoms with E-state index in [4.69, 9.17) is 0 Å². The molecular weight excluding hydrogens is 404 g/mol. The van der Waals surface area contributed by atoms with Gasteiger partial charge in [0, 0.05) is 0 Å². The van der Waals surface area contributed by atoms with E-state index in [1.54, 1.807) is 27.7 Å². The summed E-state index contributed by atoms with van der Waals surface area (Å²) in [7, 11) is 0. The number of hydrogen-bond donors (Lipinski definition) is 4. The summed E-state index contributed by atoms with van der Waals surface area (Å²) in [6, 6.07) is 0. The van der Waals surface area contributed by atoms with Crippen molar-refractivity contribution in [1.29, 1.82) is 0 Å². The van der Waals surface area contributed by atoms with E-state index in [0.717, 1.165) is 0 Å². The highest BCUT2D eigenvalue weighted by molar-refractivity contribution is 5.65. The first-order chi connectivity index (χ1) is 11.1. The Morgan fingerprint density at radius 2 is 0.571 bits per heavy atom. The first kappa shape index (κ1) is 49.8. The molecule has 0 atom stereocenters. The lowest BCUT2D eigenvalue weighted by Gasteiger charge is -1.89. The predicted molar refractivity (Wildman–Crippen MR) is 94.8 cm³/mol. The Balaban J connectivity index is -0.0000000303. The third-order valence-corrected chi connectivity index (χ3v) is 1.15. The fraction of sp³-hybridized carbons (Fsp3) is 0.667. The highest BCUT2D eigenvalue weighted by Crippen LogP contribution is 1.67. The summed E-state index contributed by atoms with van der Waals surface area (Å²) in [5.74, 6) is 0. The third-order valence-electron chi connectivity index (χ3n) is 1.15. The molecule has 0 bridgehead atoms. The highest BCUT2D eigenvalue weighted by Gasteiger charge is 1.83. The molecule has 176 valence electrons. The topological polar surface area (TPSA) is 209 Å². The van der Waals surface area contributed by atoms with Crippen molar-refractivity contribution in [1.82, 2.24) is 0 Å². The molecule has 0 aliphatic carbocycles. The van der Waals surface area contributed by atoms with Crippen molar-refractivity contribution in [2.75, 3.05) is 26.4 Å². The maximum absolute atomic E-state index is 9.60. The summed E-state index contributed by atoms with van der Waals surface area (Å²) in [5.41, 5.74) is 18.2. The van der Waals surface area contributed by atoms with Gasteiger partial charge < -0.3 is 41.9 Å². The van der Waals surface area contributed by atoms with Gasteiger partial charge in [0.25, 0.3) is 0 Å². The lowest BCUT2D eigenvalue weighted by Crippen LogP contribution is -2.11. The fourth-order valence-corrected chi connectivity index (χ4v) is 0.569. The molecule has 0 aliphatic rings. The Bertz CT molecular complexity index is 292. The van der Waals surface area contributed by atoms with Gasteiger partial charge in [-0.25, -0.2) is 19.2 Å². The molecule has 0 saturated heterocycles. The van der Waals surface area contributed by atoms with Crippen LogP contribution in [0.5, 0.6) is 0 Å². The molecule has 0 aromatic rings. The van der Waals surface area contributed by atoms with Gasteiger partial charge in [-0.3, -0.25) is 18.8 Å². The second-order valence-corrected chi connectivity index (χ2v) is 3.01. The van der Waals surface area contributed by atoms with Gasteiger partial charge in [-0.15, -0.1) is 0 Å². The van der Waals surface area contributed by atoms with E-state index >= 15 is 0 Å².